The van der Waals surface area contributed by atoms with Crippen LogP contribution < -0.4 is 10.1 Å². The van der Waals surface area contributed by atoms with Gasteiger partial charge in [0.25, 0.3) is 0 Å². The van der Waals surface area contributed by atoms with Crippen LogP contribution in [0, 0.1) is 5.92 Å². The number of rotatable bonds is 7. The zero-order valence-electron chi connectivity index (χ0n) is 13.6. The van der Waals surface area contributed by atoms with Crippen molar-refractivity contribution < 1.29 is 9.47 Å². The maximum atomic E-state index is 6.40. The van der Waals surface area contributed by atoms with Crippen molar-refractivity contribution in [1.29, 1.82) is 0 Å². The van der Waals surface area contributed by atoms with Gasteiger partial charge in [-0.15, -0.1) is 0 Å². The molecular weight excluding hydrogens is 262 g/mol. The molecule has 1 saturated carbocycles. The van der Waals surface area contributed by atoms with Crippen LogP contribution >= 0.6 is 0 Å². The van der Waals surface area contributed by atoms with E-state index in [1.54, 1.807) is 7.11 Å². The van der Waals surface area contributed by atoms with Gasteiger partial charge < -0.3 is 14.8 Å². The second-order valence-corrected chi connectivity index (χ2v) is 6.09. The average Bonchev–Trinajstić information content (AvgIpc) is 2.53. The summed E-state index contributed by atoms with van der Waals surface area (Å²) in [6.07, 6.45) is 5.52. The van der Waals surface area contributed by atoms with Crippen LogP contribution in [-0.2, 0) is 4.74 Å². The Bertz CT molecular complexity index is 396. The third-order valence-electron chi connectivity index (χ3n) is 4.39. The normalized spacial score (nSPS) is 23.8. The van der Waals surface area contributed by atoms with Gasteiger partial charge in [-0.05, 0) is 55.8 Å². The summed E-state index contributed by atoms with van der Waals surface area (Å²) in [7, 11) is 1.70. The zero-order valence-corrected chi connectivity index (χ0v) is 13.6. The van der Waals surface area contributed by atoms with Gasteiger partial charge >= 0.3 is 0 Å². The summed E-state index contributed by atoms with van der Waals surface area (Å²) in [5.41, 5.74) is 1.23. The molecule has 0 spiro atoms. The quantitative estimate of drug-likeness (QED) is 0.825. The minimum atomic E-state index is 0.134. The lowest BCUT2D eigenvalue weighted by molar-refractivity contribution is -0.0361. The van der Waals surface area contributed by atoms with Crippen LogP contribution in [0.2, 0.25) is 0 Å². The Morgan fingerprint density at radius 2 is 1.81 bits per heavy atom. The molecule has 21 heavy (non-hydrogen) atoms. The van der Waals surface area contributed by atoms with Crippen LogP contribution in [0.3, 0.4) is 0 Å². The SMILES string of the molecule is CCNCC(OC1CCC(C)CC1)c1ccc(OC)cc1. The van der Waals surface area contributed by atoms with Crippen LogP contribution in [0.5, 0.6) is 5.75 Å². The molecule has 1 atom stereocenters. The molecule has 1 aliphatic rings. The van der Waals surface area contributed by atoms with E-state index in [4.69, 9.17) is 9.47 Å². The van der Waals surface area contributed by atoms with E-state index < -0.39 is 0 Å². The van der Waals surface area contributed by atoms with Crippen LogP contribution in [0.25, 0.3) is 0 Å². The first kappa shape index (κ1) is 16.3. The van der Waals surface area contributed by atoms with Crippen LogP contribution in [0.1, 0.15) is 51.2 Å². The first-order valence-corrected chi connectivity index (χ1v) is 8.23. The molecule has 3 heteroatoms. The number of ether oxygens (including phenoxy) is 2. The molecule has 1 aliphatic carbocycles. The van der Waals surface area contributed by atoms with Crippen molar-refractivity contribution in [3.05, 3.63) is 29.8 Å². The Morgan fingerprint density at radius 3 is 2.38 bits per heavy atom. The van der Waals surface area contributed by atoms with Gasteiger partial charge in [0.15, 0.2) is 0 Å². The molecule has 0 heterocycles. The number of benzene rings is 1. The standard InChI is InChI=1S/C18H29NO2/c1-4-19-13-18(15-7-11-16(20-3)12-8-15)21-17-9-5-14(2)6-10-17/h7-8,11-12,14,17-19H,4-6,9-10,13H2,1-3H3. The van der Waals surface area contributed by atoms with E-state index in [1.807, 2.05) is 12.1 Å². The van der Waals surface area contributed by atoms with Gasteiger partial charge in [0.2, 0.25) is 0 Å². The van der Waals surface area contributed by atoms with Crippen molar-refractivity contribution in [3.8, 4) is 5.75 Å². The predicted molar refractivity (Wildman–Crippen MR) is 86.8 cm³/mol. The van der Waals surface area contributed by atoms with Crippen molar-refractivity contribution in [2.24, 2.45) is 5.92 Å². The maximum absolute atomic E-state index is 6.40. The lowest BCUT2D eigenvalue weighted by atomic mass is 9.89. The van der Waals surface area contributed by atoms with Crippen LogP contribution in [0.4, 0.5) is 0 Å². The number of methoxy groups -OCH3 is 1. The molecule has 3 nitrogen and oxygen atoms in total. The summed E-state index contributed by atoms with van der Waals surface area (Å²) < 4.78 is 11.6. The summed E-state index contributed by atoms with van der Waals surface area (Å²) in [6, 6.07) is 8.26. The summed E-state index contributed by atoms with van der Waals surface area (Å²) in [5, 5.41) is 3.42. The van der Waals surface area contributed by atoms with E-state index >= 15 is 0 Å². The molecule has 2 rings (SSSR count). The first-order valence-electron chi connectivity index (χ1n) is 8.23. The van der Waals surface area contributed by atoms with Crippen molar-refractivity contribution >= 4 is 0 Å². The number of hydrogen-bond donors (Lipinski definition) is 1. The fourth-order valence-electron chi connectivity index (χ4n) is 2.94. The van der Waals surface area contributed by atoms with E-state index in [-0.39, 0.29) is 6.10 Å². The molecule has 1 fully saturated rings. The second kappa shape index (κ2) is 8.40. The molecule has 0 radical (unpaired) electrons. The molecule has 0 aliphatic heterocycles. The largest absolute Gasteiger partial charge is 0.497 e. The molecule has 1 aromatic carbocycles. The molecular formula is C18H29NO2. The second-order valence-electron chi connectivity index (χ2n) is 6.09. The summed E-state index contributed by atoms with van der Waals surface area (Å²) >= 11 is 0. The Kier molecular flexibility index (Phi) is 6.52. The van der Waals surface area contributed by atoms with E-state index in [1.165, 1.54) is 31.2 Å². The van der Waals surface area contributed by atoms with Crippen molar-refractivity contribution in [3.63, 3.8) is 0 Å². The highest BCUT2D eigenvalue weighted by Crippen LogP contribution is 2.30. The Hall–Kier alpha value is -1.06. The smallest absolute Gasteiger partial charge is 0.118 e. The van der Waals surface area contributed by atoms with E-state index in [0.717, 1.165) is 24.8 Å². The zero-order chi connectivity index (χ0) is 15.1. The third kappa shape index (κ3) is 5.01. The minimum Gasteiger partial charge on any atom is -0.497 e. The Balaban J connectivity index is 1.99. The highest BCUT2D eigenvalue weighted by Gasteiger charge is 2.23. The third-order valence-corrected chi connectivity index (χ3v) is 4.39. The van der Waals surface area contributed by atoms with Gasteiger partial charge in [-0.1, -0.05) is 26.0 Å². The molecule has 0 amide bonds. The van der Waals surface area contributed by atoms with Gasteiger partial charge in [-0.2, -0.15) is 0 Å². The average molecular weight is 291 g/mol. The van der Waals surface area contributed by atoms with Gasteiger partial charge in [0.05, 0.1) is 19.3 Å². The highest BCUT2D eigenvalue weighted by molar-refractivity contribution is 5.28. The Labute approximate surface area is 129 Å². The van der Waals surface area contributed by atoms with Gasteiger partial charge in [-0.3, -0.25) is 0 Å². The van der Waals surface area contributed by atoms with Gasteiger partial charge in [-0.25, -0.2) is 0 Å². The fourth-order valence-corrected chi connectivity index (χ4v) is 2.94. The fraction of sp³-hybridized carbons (Fsp3) is 0.667. The highest BCUT2D eigenvalue weighted by atomic mass is 16.5. The number of likely N-dealkylation sites (N-methyl/N-ethyl adjacent to an activating group) is 1. The van der Waals surface area contributed by atoms with Gasteiger partial charge in [0.1, 0.15) is 5.75 Å². The summed E-state index contributed by atoms with van der Waals surface area (Å²) in [6.45, 7) is 6.32. The van der Waals surface area contributed by atoms with Crippen molar-refractivity contribution in [2.75, 3.05) is 20.2 Å². The molecule has 118 valence electrons. The van der Waals surface area contributed by atoms with Crippen LogP contribution in [-0.4, -0.2) is 26.3 Å². The molecule has 0 aromatic heterocycles. The minimum absolute atomic E-state index is 0.134. The Morgan fingerprint density at radius 1 is 1.14 bits per heavy atom. The van der Waals surface area contributed by atoms with Crippen LogP contribution in [0.15, 0.2) is 24.3 Å². The monoisotopic (exact) mass is 291 g/mol. The lowest BCUT2D eigenvalue weighted by Gasteiger charge is -2.30. The van der Waals surface area contributed by atoms with Gasteiger partial charge in [0, 0.05) is 6.54 Å². The van der Waals surface area contributed by atoms with E-state index in [0.29, 0.717) is 6.10 Å². The van der Waals surface area contributed by atoms with Crippen molar-refractivity contribution in [2.45, 2.75) is 51.7 Å². The molecule has 1 aromatic rings. The van der Waals surface area contributed by atoms with E-state index in [2.05, 4.69) is 31.3 Å². The summed E-state index contributed by atoms with van der Waals surface area (Å²) in [5.74, 6) is 1.76. The first-order chi connectivity index (χ1) is 10.2. The topological polar surface area (TPSA) is 30.5 Å². The number of hydrogen-bond acceptors (Lipinski definition) is 3. The number of nitrogens with one attached hydrogen (secondary N) is 1. The molecule has 0 saturated heterocycles. The predicted octanol–water partition coefficient (Wildman–Crippen LogP) is 3.94. The maximum Gasteiger partial charge on any atom is 0.118 e. The lowest BCUT2D eigenvalue weighted by Crippen LogP contribution is -2.29. The van der Waals surface area contributed by atoms with Crippen molar-refractivity contribution in [1.82, 2.24) is 5.32 Å². The van der Waals surface area contributed by atoms with E-state index in [9.17, 15) is 0 Å². The molecule has 1 unspecified atom stereocenters. The molecule has 0 bridgehead atoms. The summed E-state index contributed by atoms with van der Waals surface area (Å²) in [4.78, 5) is 0. The molecule has 1 N–H and O–H groups in total.